The molecule has 2 aromatic carbocycles. The first-order chi connectivity index (χ1) is 20.1. The number of anilines is 1. The molecule has 41 heavy (non-hydrogen) atoms. The zero-order valence-corrected chi connectivity index (χ0v) is 27.7. The number of unbranched alkanes of at least 4 members (excludes halogenated alkanes) is 12. The predicted molar refractivity (Wildman–Crippen MR) is 185 cm³/mol. The maximum Gasteiger partial charge on any atom is 0.0369 e. The smallest absolute Gasteiger partial charge is 0.0369 e. The van der Waals surface area contributed by atoms with Crippen LogP contribution in [-0.4, -0.2) is 13.1 Å². The lowest BCUT2D eigenvalue weighted by atomic mass is 9.70. The Bertz CT molecular complexity index is 1010. The van der Waals surface area contributed by atoms with Crippen molar-refractivity contribution in [1.29, 1.82) is 0 Å². The Morgan fingerprint density at radius 2 is 1.05 bits per heavy atom. The van der Waals surface area contributed by atoms with E-state index in [1.807, 2.05) is 0 Å². The summed E-state index contributed by atoms with van der Waals surface area (Å²) in [5.41, 5.74) is 9.26. The fraction of sp³-hybridized carbons (Fsp3) is 0.650. The summed E-state index contributed by atoms with van der Waals surface area (Å²) in [6.45, 7) is 13.9. The molecule has 0 saturated heterocycles. The van der Waals surface area contributed by atoms with Gasteiger partial charge in [-0.1, -0.05) is 154 Å². The summed E-state index contributed by atoms with van der Waals surface area (Å²) < 4.78 is 0. The average molecular weight is 558 g/mol. The van der Waals surface area contributed by atoms with E-state index in [9.17, 15) is 0 Å². The molecule has 0 atom stereocenters. The highest BCUT2D eigenvalue weighted by molar-refractivity contribution is 5.84. The molecular weight excluding hydrogens is 494 g/mol. The van der Waals surface area contributed by atoms with Gasteiger partial charge in [0.25, 0.3) is 0 Å². The standard InChI is InChI=1S/C40H63N/c1-6-11-15-19-28-40(29-20-16-12-7-2)38-32-34(23-10-5)24-26-36(38)37-27-25-35(33-39(37)40)41(30-21-17-13-8-3)31-22-18-14-9-4/h10,23-27,32-33H,6-9,11-22,28-31H2,1-5H3/b23-10+. The summed E-state index contributed by atoms with van der Waals surface area (Å²) in [6, 6.07) is 15.0. The molecule has 0 N–H and O–H groups in total. The Labute approximate surface area is 255 Å². The second kappa shape index (κ2) is 18.5. The van der Waals surface area contributed by atoms with E-state index >= 15 is 0 Å². The molecule has 1 nitrogen and oxygen atoms in total. The molecule has 0 heterocycles. The van der Waals surface area contributed by atoms with Crippen molar-refractivity contribution in [2.45, 2.75) is 156 Å². The average Bonchev–Trinajstić information content (AvgIpc) is 3.25. The molecule has 1 aliphatic carbocycles. The van der Waals surface area contributed by atoms with E-state index < -0.39 is 0 Å². The third kappa shape index (κ3) is 9.23. The van der Waals surface area contributed by atoms with Gasteiger partial charge in [-0.3, -0.25) is 0 Å². The van der Waals surface area contributed by atoms with Crippen LogP contribution in [0.15, 0.2) is 42.5 Å². The van der Waals surface area contributed by atoms with Gasteiger partial charge in [-0.25, -0.2) is 0 Å². The first-order valence-corrected chi connectivity index (χ1v) is 17.8. The Morgan fingerprint density at radius 3 is 1.56 bits per heavy atom. The quantitative estimate of drug-likeness (QED) is 0.130. The summed E-state index contributed by atoms with van der Waals surface area (Å²) in [5, 5.41) is 0. The molecule has 0 saturated carbocycles. The van der Waals surface area contributed by atoms with Crippen LogP contribution in [0.3, 0.4) is 0 Å². The molecular formula is C40H63N. The maximum atomic E-state index is 2.75. The molecule has 0 amide bonds. The van der Waals surface area contributed by atoms with E-state index in [-0.39, 0.29) is 5.41 Å². The minimum atomic E-state index is 0.149. The van der Waals surface area contributed by atoms with Gasteiger partial charge in [0.05, 0.1) is 0 Å². The molecule has 0 aliphatic heterocycles. The molecule has 3 rings (SSSR count). The van der Waals surface area contributed by atoms with Crippen LogP contribution >= 0.6 is 0 Å². The summed E-state index contributed by atoms with van der Waals surface area (Å²) in [5.74, 6) is 0. The Balaban J connectivity index is 2.05. The van der Waals surface area contributed by atoms with Crippen molar-refractivity contribution in [3.05, 3.63) is 59.2 Å². The predicted octanol–water partition coefficient (Wildman–Crippen LogP) is 12.9. The van der Waals surface area contributed by atoms with Crippen LogP contribution in [0, 0.1) is 0 Å². The second-order valence-corrected chi connectivity index (χ2v) is 12.8. The normalized spacial score (nSPS) is 13.6. The van der Waals surface area contributed by atoms with Crippen LogP contribution in [-0.2, 0) is 5.41 Å². The Kier molecular flexibility index (Phi) is 15.1. The fourth-order valence-corrected chi connectivity index (χ4v) is 7.19. The lowest BCUT2D eigenvalue weighted by Crippen LogP contribution is -2.28. The van der Waals surface area contributed by atoms with Crippen molar-refractivity contribution in [2.75, 3.05) is 18.0 Å². The van der Waals surface area contributed by atoms with Gasteiger partial charge < -0.3 is 4.90 Å². The van der Waals surface area contributed by atoms with Crippen molar-refractivity contribution < 1.29 is 0 Å². The van der Waals surface area contributed by atoms with Crippen LogP contribution in [0.25, 0.3) is 17.2 Å². The SMILES string of the molecule is C/C=C/c1ccc2c(c1)C(CCCCCC)(CCCCCC)c1cc(N(CCCCCC)CCCCCC)ccc1-2. The van der Waals surface area contributed by atoms with Crippen molar-refractivity contribution in [3.8, 4) is 11.1 Å². The number of allylic oxidation sites excluding steroid dienone is 1. The zero-order chi connectivity index (χ0) is 29.3. The van der Waals surface area contributed by atoms with E-state index in [0.717, 1.165) is 0 Å². The van der Waals surface area contributed by atoms with Crippen LogP contribution in [0.2, 0.25) is 0 Å². The van der Waals surface area contributed by atoms with Crippen LogP contribution in [0.4, 0.5) is 5.69 Å². The molecule has 0 radical (unpaired) electrons. The summed E-state index contributed by atoms with van der Waals surface area (Å²) in [4.78, 5) is 2.75. The van der Waals surface area contributed by atoms with Gasteiger partial charge in [0, 0.05) is 24.2 Å². The molecule has 0 bridgehead atoms. The van der Waals surface area contributed by atoms with Gasteiger partial charge in [0.1, 0.15) is 0 Å². The molecule has 2 aromatic rings. The highest BCUT2D eigenvalue weighted by Crippen LogP contribution is 2.55. The number of nitrogens with zero attached hydrogens (tertiary/aromatic N) is 1. The molecule has 1 aliphatic rings. The Hall–Kier alpha value is -2.02. The van der Waals surface area contributed by atoms with Crippen molar-refractivity contribution in [1.82, 2.24) is 0 Å². The van der Waals surface area contributed by atoms with Gasteiger partial charge in [-0.2, -0.15) is 0 Å². The van der Waals surface area contributed by atoms with Gasteiger partial charge in [-0.15, -0.1) is 0 Å². The topological polar surface area (TPSA) is 3.24 Å². The van der Waals surface area contributed by atoms with Crippen LogP contribution in [0.5, 0.6) is 0 Å². The first-order valence-electron chi connectivity index (χ1n) is 17.8. The first kappa shape index (κ1) is 33.5. The summed E-state index contributed by atoms with van der Waals surface area (Å²) >= 11 is 0. The number of hydrogen-bond donors (Lipinski definition) is 0. The van der Waals surface area contributed by atoms with E-state index in [1.165, 1.54) is 151 Å². The minimum absolute atomic E-state index is 0.149. The second-order valence-electron chi connectivity index (χ2n) is 12.8. The number of hydrogen-bond acceptors (Lipinski definition) is 1. The van der Waals surface area contributed by atoms with Gasteiger partial charge in [0.2, 0.25) is 0 Å². The molecule has 0 unspecified atom stereocenters. The fourth-order valence-electron chi connectivity index (χ4n) is 7.19. The van der Waals surface area contributed by atoms with E-state index in [2.05, 4.69) is 88.1 Å². The number of fused-ring (bicyclic) bond motifs is 3. The number of rotatable bonds is 22. The summed E-state index contributed by atoms with van der Waals surface area (Å²) in [6.07, 6.45) is 28.4. The monoisotopic (exact) mass is 557 g/mol. The molecule has 0 aromatic heterocycles. The molecule has 0 spiro atoms. The Morgan fingerprint density at radius 1 is 0.561 bits per heavy atom. The largest absolute Gasteiger partial charge is 0.372 e. The van der Waals surface area contributed by atoms with Crippen LogP contribution < -0.4 is 4.90 Å². The van der Waals surface area contributed by atoms with Gasteiger partial charge >= 0.3 is 0 Å². The summed E-state index contributed by atoms with van der Waals surface area (Å²) in [7, 11) is 0. The molecule has 1 heteroatoms. The number of benzene rings is 2. The van der Waals surface area contributed by atoms with Crippen molar-refractivity contribution >= 4 is 11.8 Å². The van der Waals surface area contributed by atoms with E-state index in [4.69, 9.17) is 0 Å². The van der Waals surface area contributed by atoms with Crippen LogP contribution in [0.1, 0.15) is 167 Å². The van der Waals surface area contributed by atoms with Gasteiger partial charge in [-0.05, 0) is 72.6 Å². The minimum Gasteiger partial charge on any atom is -0.372 e. The third-order valence-electron chi connectivity index (χ3n) is 9.57. The third-order valence-corrected chi connectivity index (χ3v) is 9.57. The molecule has 0 fully saturated rings. The van der Waals surface area contributed by atoms with E-state index in [0.29, 0.717) is 0 Å². The van der Waals surface area contributed by atoms with E-state index in [1.54, 1.807) is 11.1 Å². The maximum absolute atomic E-state index is 2.75. The highest BCUT2D eigenvalue weighted by Gasteiger charge is 2.42. The van der Waals surface area contributed by atoms with Crippen molar-refractivity contribution in [2.24, 2.45) is 0 Å². The highest BCUT2D eigenvalue weighted by atomic mass is 15.1. The van der Waals surface area contributed by atoms with Crippen molar-refractivity contribution in [3.63, 3.8) is 0 Å². The lowest BCUT2D eigenvalue weighted by molar-refractivity contribution is 0.401. The van der Waals surface area contributed by atoms with Gasteiger partial charge in [0.15, 0.2) is 0 Å². The molecule has 228 valence electrons. The zero-order valence-electron chi connectivity index (χ0n) is 27.7. The lowest BCUT2D eigenvalue weighted by Gasteiger charge is -2.34.